The summed E-state index contributed by atoms with van der Waals surface area (Å²) in [5, 5.41) is 0. The fraction of sp³-hybridized carbons (Fsp3) is 0.136. The Labute approximate surface area is 162 Å². The molecule has 0 bridgehead atoms. The van der Waals surface area contributed by atoms with Crippen LogP contribution in [0.25, 0.3) is 28.0 Å². The molecule has 4 aromatic rings. The molecular formula is C22H21FN4O. The topological polar surface area (TPSA) is 73.3 Å². The number of pyridine rings is 2. The Bertz CT molecular complexity index is 1150. The summed E-state index contributed by atoms with van der Waals surface area (Å²) >= 11 is 0. The molecule has 1 aromatic carbocycles. The van der Waals surface area contributed by atoms with Gasteiger partial charge in [0.25, 0.3) is 5.91 Å². The third kappa shape index (κ3) is 3.49. The fourth-order valence-corrected chi connectivity index (χ4v) is 2.99. The highest BCUT2D eigenvalue weighted by Crippen LogP contribution is 2.32. The number of aryl methyl sites for hydroxylation is 1. The molecule has 0 aliphatic heterocycles. The maximum atomic E-state index is 14.4. The Morgan fingerprint density at radius 2 is 1.75 bits per heavy atom. The number of aromatic nitrogens is 3. The number of nitrogens with zero attached hydrogens (tertiary/aromatic N) is 3. The molecule has 0 saturated heterocycles. The first-order valence-corrected chi connectivity index (χ1v) is 9.04. The van der Waals surface area contributed by atoms with Gasteiger partial charge in [0.2, 0.25) is 0 Å². The molecule has 0 aliphatic carbocycles. The first kappa shape index (κ1) is 19.2. The average Bonchev–Trinajstić information content (AvgIpc) is 3.15. The third-order valence-corrected chi connectivity index (χ3v) is 4.24. The normalized spacial score (nSPS) is 10.4. The summed E-state index contributed by atoms with van der Waals surface area (Å²) in [6.45, 7) is 5.82. The van der Waals surface area contributed by atoms with Crippen LogP contribution < -0.4 is 5.73 Å². The predicted molar refractivity (Wildman–Crippen MR) is 108 cm³/mol. The summed E-state index contributed by atoms with van der Waals surface area (Å²) in [7, 11) is 0. The van der Waals surface area contributed by atoms with E-state index in [1.165, 1.54) is 12.3 Å². The maximum absolute atomic E-state index is 14.4. The van der Waals surface area contributed by atoms with E-state index in [0.717, 1.165) is 16.8 Å². The van der Waals surface area contributed by atoms with Crippen LogP contribution in [0.3, 0.4) is 0 Å². The summed E-state index contributed by atoms with van der Waals surface area (Å²) in [4.78, 5) is 20.1. The Morgan fingerprint density at radius 3 is 2.46 bits per heavy atom. The number of benzene rings is 1. The average molecular weight is 376 g/mol. The quantitative estimate of drug-likeness (QED) is 0.566. The van der Waals surface area contributed by atoms with Crippen LogP contribution in [0.5, 0.6) is 0 Å². The van der Waals surface area contributed by atoms with Gasteiger partial charge in [0.1, 0.15) is 22.9 Å². The largest absolute Gasteiger partial charge is 0.364 e. The van der Waals surface area contributed by atoms with Gasteiger partial charge in [0, 0.05) is 17.5 Å². The van der Waals surface area contributed by atoms with Gasteiger partial charge in [-0.25, -0.2) is 9.37 Å². The van der Waals surface area contributed by atoms with Crippen LogP contribution in [0.15, 0.2) is 60.9 Å². The number of primary amides is 1. The van der Waals surface area contributed by atoms with Gasteiger partial charge in [-0.15, -0.1) is 0 Å². The highest BCUT2D eigenvalue weighted by Gasteiger charge is 2.15. The summed E-state index contributed by atoms with van der Waals surface area (Å²) < 4.78 is 16.0. The zero-order valence-electron chi connectivity index (χ0n) is 16.0. The minimum absolute atomic E-state index is 0.291. The highest BCUT2D eigenvalue weighted by molar-refractivity contribution is 5.92. The molecule has 0 spiro atoms. The van der Waals surface area contributed by atoms with E-state index in [-0.39, 0.29) is 5.82 Å². The zero-order chi connectivity index (χ0) is 20.3. The van der Waals surface area contributed by atoms with Crippen molar-refractivity contribution >= 4 is 11.6 Å². The Morgan fingerprint density at radius 1 is 1.04 bits per heavy atom. The number of nitrogens with two attached hydrogens (primary N) is 1. The molecule has 1 amide bonds. The smallest absolute Gasteiger partial charge is 0.267 e. The third-order valence-electron chi connectivity index (χ3n) is 4.24. The molecule has 142 valence electrons. The minimum atomic E-state index is -0.561. The van der Waals surface area contributed by atoms with Crippen molar-refractivity contribution in [2.24, 2.45) is 5.73 Å². The lowest BCUT2D eigenvalue weighted by Crippen LogP contribution is -2.13. The Hall–Kier alpha value is -3.54. The molecule has 0 saturated carbocycles. The van der Waals surface area contributed by atoms with Crippen LogP contribution in [-0.2, 0) is 0 Å². The van der Waals surface area contributed by atoms with Crippen molar-refractivity contribution in [3.63, 3.8) is 0 Å². The molecule has 0 fully saturated rings. The SMILES string of the molecule is CC.Cc1ccc(F)c(-c2ccccc2-c2ccc3ncc(C(N)=O)n3c2)n1. The van der Waals surface area contributed by atoms with Crippen LogP contribution in [0.4, 0.5) is 4.39 Å². The van der Waals surface area contributed by atoms with Crippen molar-refractivity contribution < 1.29 is 9.18 Å². The second kappa shape index (κ2) is 8.00. The first-order valence-electron chi connectivity index (χ1n) is 9.04. The second-order valence-electron chi connectivity index (χ2n) is 5.98. The van der Waals surface area contributed by atoms with E-state index in [0.29, 0.717) is 22.6 Å². The van der Waals surface area contributed by atoms with Crippen molar-refractivity contribution in [1.29, 1.82) is 0 Å². The predicted octanol–water partition coefficient (Wildman–Crippen LogP) is 4.64. The molecule has 0 aliphatic rings. The highest BCUT2D eigenvalue weighted by atomic mass is 19.1. The number of rotatable bonds is 3. The number of carbonyl (C=O) groups excluding carboxylic acids is 1. The number of hydrogen-bond acceptors (Lipinski definition) is 3. The molecule has 6 heteroatoms. The number of imidazole rings is 1. The molecule has 0 unspecified atom stereocenters. The fourth-order valence-electron chi connectivity index (χ4n) is 2.99. The zero-order valence-corrected chi connectivity index (χ0v) is 16.0. The van der Waals surface area contributed by atoms with E-state index >= 15 is 0 Å². The van der Waals surface area contributed by atoms with Crippen LogP contribution in [0, 0.1) is 12.7 Å². The number of fused-ring (bicyclic) bond motifs is 1. The summed E-state index contributed by atoms with van der Waals surface area (Å²) in [5.74, 6) is -0.945. The van der Waals surface area contributed by atoms with E-state index in [9.17, 15) is 9.18 Å². The van der Waals surface area contributed by atoms with E-state index in [1.807, 2.05) is 51.1 Å². The first-order chi connectivity index (χ1) is 13.5. The molecule has 2 N–H and O–H groups in total. The van der Waals surface area contributed by atoms with Gasteiger partial charge in [-0.05, 0) is 42.3 Å². The second-order valence-corrected chi connectivity index (χ2v) is 5.98. The molecule has 5 nitrogen and oxygen atoms in total. The van der Waals surface area contributed by atoms with E-state index < -0.39 is 5.91 Å². The number of carbonyl (C=O) groups is 1. The summed E-state index contributed by atoms with van der Waals surface area (Å²) in [6.07, 6.45) is 3.21. The van der Waals surface area contributed by atoms with Gasteiger partial charge < -0.3 is 5.73 Å². The lowest BCUT2D eigenvalue weighted by atomic mass is 9.98. The number of halogens is 1. The van der Waals surface area contributed by atoms with Gasteiger partial charge >= 0.3 is 0 Å². The van der Waals surface area contributed by atoms with Gasteiger partial charge in [0.15, 0.2) is 0 Å². The molecule has 28 heavy (non-hydrogen) atoms. The standard InChI is InChI=1S/C20H15FN4O.C2H6/c1-12-6-8-16(21)19(24-12)15-5-3-2-4-14(15)13-7-9-18-23-10-17(20(22)26)25(18)11-13;1-2/h2-11H,1H3,(H2,22,26);1-2H3. The summed E-state index contributed by atoms with van der Waals surface area (Å²) in [5.41, 5.74) is 9.62. The summed E-state index contributed by atoms with van der Waals surface area (Å²) in [6, 6.07) is 14.1. The van der Waals surface area contributed by atoms with Crippen molar-refractivity contribution in [2.45, 2.75) is 20.8 Å². The molecular weight excluding hydrogens is 355 g/mol. The van der Waals surface area contributed by atoms with Crippen molar-refractivity contribution in [3.8, 4) is 22.4 Å². The molecule has 0 atom stereocenters. The van der Waals surface area contributed by atoms with Crippen molar-refractivity contribution in [3.05, 3.63) is 78.1 Å². The van der Waals surface area contributed by atoms with E-state index in [4.69, 9.17) is 5.73 Å². The van der Waals surface area contributed by atoms with Crippen LogP contribution in [0.1, 0.15) is 30.0 Å². The van der Waals surface area contributed by atoms with Crippen molar-refractivity contribution in [2.75, 3.05) is 0 Å². The van der Waals surface area contributed by atoms with Gasteiger partial charge in [0.05, 0.1) is 6.20 Å². The lowest BCUT2D eigenvalue weighted by molar-refractivity contribution is 0.0995. The Kier molecular flexibility index (Phi) is 5.49. The monoisotopic (exact) mass is 376 g/mol. The van der Waals surface area contributed by atoms with Crippen LogP contribution >= 0.6 is 0 Å². The minimum Gasteiger partial charge on any atom is -0.364 e. The molecule has 3 heterocycles. The van der Waals surface area contributed by atoms with Gasteiger partial charge in [-0.1, -0.05) is 38.1 Å². The van der Waals surface area contributed by atoms with Crippen molar-refractivity contribution in [1.82, 2.24) is 14.4 Å². The van der Waals surface area contributed by atoms with Gasteiger partial charge in [-0.2, -0.15) is 0 Å². The van der Waals surface area contributed by atoms with Crippen LogP contribution in [-0.4, -0.2) is 20.3 Å². The van der Waals surface area contributed by atoms with E-state index in [1.54, 1.807) is 22.7 Å². The molecule has 4 rings (SSSR count). The van der Waals surface area contributed by atoms with Gasteiger partial charge in [-0.3, -0.25) is 14.2 Å². The number of hydrogen-bond donors (Lipinski definition) is 1. The maximum Gasteiger partial charge on any atom is 0.267 e. The van der Waals surface area contributed by atoms with E-state index in [2.05, 4.69) is 9.97 Å². The molecule has 0 radical (unpaired) electrons. The lowest BCUT2D eigenvalue weighted by Gasteiger charge is -2.11. The molecule has 3 aromatic heterocycles. The number of amides is 1. The van der Waals surface area contributed by atoms with Crippen LogP contribution in [0.2, 0.25) is 0 Å². The Balaban J connectivity index is 0.00000109.